The van der Waals surface area contributed by atoms with Crippen LogP contribution in [0.1, 0.15) is 26.3 Å². The van der Waals surface area contributed by atoms with Crippen molar-refractivity contribution < 1.29 is 9.59 Å². The number of nitrogens with one attached hydrogen (secondary N) is 1. The van der Waals surface area contributed by atoms with Gasteiger partial charge in [0.1, 0.15) is 5.01 Å². The van der Waals surface area contributed by atoms with Gasteiger partial charge in [-0.2, -0.15) is 11.3 Å². The van der Waals surface area contributed by atoms with Crippen molar-refractivity contribution in [2.45, 2.75) is 0 Å². The highest BCUT2D eigenvalue weighted by molar-refractivity contribution is 7.19. The molecule has 1 amide bonds. The fourth-order valence-electron chi connectivity index (χ4n) is 2.58. The van der Waals surface area contributed by atoms with Gasteiger partial charge in [-0.3, -0.25) is 14.9 Å². The van der Waals surface area contributed by atoms with Crippen molar-refractivity contribution in [3.8, 4) is 10.6 Å². The van der Waals surface area contributed by atoms with Crippen LogP contribution in [0.3, 0.4) is 0 Å². The van der Waals surface area contributed by atoms with E-state index in [-0.39, 0.29) is 11.3 Å². The number of aromatic nitrogens is 2. The van der Waals surface area contributed by atoms with Crippen LogP contribution in [0.5, 0.6) is 0 Å². The minimum atomic E-state index is -0.411. The molecular weight excluding hydrogens is 414 g/mol. The van der Waals surface area contributed by atoms with Crippen LogP contribution in [0.2, 0.25) is 5.02 Å². The summed E-state index contributed by atoms with van der Waals surface area (Å²) in [5.41, 5.74) is 2.00. The predicted molar refractivity (Wildman–Crippen MR) is 113 cm³/mol. The number of benzene rings is 2. The van der Waals surface area contributed by atoms with E-state index >= 15 is 0 Å². The zero-order valence-corrected chi connectivity index (χ0v) is 16.6. The Labute approximate surface area is 173 Å². The summed E-state index contributed by atoms with van der Waals surface area (Å²) < 4.78 is 0. The molecule has 4 rings (SSSR count). The number of thiophene rings is 1. The van der Waals surface area contributed by atoms with E-state index in [0.29, 0.717) is 21.3 Å². The average molecular weight is 426 g/mol. The van der Waals surface area contributed by atoms with Crippen LogP contribution in [0, 0.1) is 0 Å². The summed E-state index contributed by atoms with van der Waals surface area (Å²) in [5, 5.41) is 16.4. The molecule has 0 unspecified atom stereocenters. The lowest BCUT2D eigenvalue weighted by atomic mass is 9.98. The van der Waals surface area contributed by atoms with Crippen LogP contribution in [-0.4, -0.2) is 21.9 Å². The van der Waals surface area contributed by atoms with E-state index in [1.165, 1.54) is 11.3 Å². The Bertz CT molecular complexity index is 1140. The quantitative estimate of drug-likeness (QED) is 0.434. The molecule has 0 fully saturated rings. The van der Waals surface area contributed by atoms with Gasteiger partial charge < -0.3 is 0 Å². The van der Waals surface area contributed by atoms with Gasteiger partial charge in [-0.1, -0.05) is 41.1 Å². The minimum absolute atomic E-state index is 0.251. The van der Waals surface area contributed by atoms with Crippen molar-refractivity contribution in [3.63, 3.8) is 0 Å². The number of amides is 1. The lowest BCUT2D eigenvalue weighted by molar-refractivity contribution is 0.0996. The van der Waals surface area contributed by atoms with Crippen LogP contribution >= 0.6 is 34.3 Å². The Kier molecular flexibility index (Phi) is 5.29. The molecule has 4 aromatic rings. The van der Waals surface area contributed by atoms with Crippen molar-refractivity contribution in [2.75, 3.05) is 5.32 Å². The molecule has 0 aliphatic carbocycles. The molecule has 2 heterocycles. The monoisotopic (exact) mass is 425 g/mol. The number of carbonyl (C=O) groups is 2. The van der Waals surface area contributed by atoms with Crippen molar-refractivity contribution in [3.05, 3.63) is 87.1 Å². The van der Waals surface area contributed by atoms with E-state index in [9.17, 15) is 9.59 Å². The van der Waals surface area contributed by atoms with Gasteiger partial charge in [0.05, 0.1) is 5.56 Å². The summed E-state index contributed by atoms with van der Waals surface area (Å²) in [6, 6.07) is 15.2. The number of halogens is 1. The molecule has 0 radical (unpaired) electrons. The van der Waals surface area contributed by atoms with E-state index < -0.39 is 5.91 Å². The van der Waals surface area contributed by atoms with Crippen molar-refractivity contribution in [1.82, 2.24) is 10.2 Å². The van der Waals surface area contributed by atoms with Gasteiger partial charge in [0.2, 0.25) is 5.13 Å². The van der Waals surface area contributed by atoms with Crippen LogP contribution in [0.4, 0.5) is 5.13 Å². The minimum Gasteiger partial charge on any atom is -0.296 e. The van der Waals surface area contributed by atoms with Crippen molar-refractivity contribution >= 4 is 51.1 Å². The van der Waals surface area contributed by atoms with Gasteiger partial charge in [-0.25, -0.2) is 0 Å². The number of nitrogens with zero attached hydrogens (tertiary/aromatic N) is 2. The maximum atomic E-state index is 12.8. The first kappa shape index (κ1) is 18.5. The summed E-state index contributed by atoms with van der Waals surface area (Å²) in [7, 11) is 0. The van der Waals surface area contributed by atoms with Gasteiger partial charge in [-0.05, 0) is 41.8 Å². The first-order valence-corrected chi connectivity index (χ1v) is 10.3. The molecule has 8 heteroatoms. The molecule has 138 valence electrons. The molecule has 0 saturated heterocycles. The smallest absolute Gasteiger partial charge is 0.258 e. The molecule has 1 N–H and O–H groups in total. The standard InChI is InChI=1S/C20H12ClN3O2S2/c21-14-7-5-12(6-8-14)17(25)15-3-1-2-4-16(15)18(26)22-20-24-23-19(28-20)13-9-10-27-11-13/h1-11H,(H,22,24,26). The van der Waals surface area contributed by atoms with Gasteiger partial charge in [-0.15, -0.1) is 10.2 Å². The Hall–Kier alpha value is -2.87. The first-order chi connectivity index (χ1) is 13.6. The number of hydrogen-bond acceptors (Lipinski definition) is 6. The SMILES string of the molecule is O=C(Nc1nnc(-c2ccsc2)s1)c1ccccc1C(=O)c1ccc(Cl)cc1. The van der Waals surface area contributed by atoms with Gasteiger partial charge in [0.15, 0.2) is 5.78 Å². The van der Waals surface area contributed by atoms with E-state index in [2.05, 4.69) is 15.5 Å². The fourth-order valence-corrected chi connectivity index (χ4v) is 4.15. The molecule has 0 aliphatic rings. The zero-order valence-electron chi connectivity index (χ0n) is 14.3. The van der Waals surface area contributed by atoms with Gasteiger partial charge in [0.25, 0.3) is 5.91 Å². The summed E-state index contributed by atoms with van der Waals surface area (Å²) in [6.07, 6.45) is 0. The highest BCUT2D eigenvalue weighted by Gasteiger charge is 2.19. The molecular formula is C20H12ClN3O2S2. The molecule has 0 spiro atoms. The molecule has 0 bridgehead atoms. The molecule has 0 saturated carbocycles. The largest absolute Gasteiger partial charge is 0.296 e. The number of anilines is 1. The fraction of sp³-hybridized carbons (Fsp3) is 0. The van der Waals surface area contributed by atoms with E-state index in [1.54, 1.807) is 59.9 Å². The Morgan fingerprint density at radius 1 is 0.929 bits per heavy atom. The van der Waals surface area contributed by atoms with Crippen LogP contribution in [0.25, 0.3) is 10.6 Å². The first-order valence-electron chi connectivity index (χ1n) is 8.18. The Morgan fingerprint density at radius 2 is 1.68 bits per heavy atom. The number of hydrogen-bond donors (Lipinski definition) is 1. The van der Waals surface area contributed by atoms with Gasteiger partial charge in [0, 0.05) is 27.1 Å². The molecule has 28 heavy (non-hydrogen) atoms. The Morgan fingerprint density at radius 3 is 2.39 bits per heavy atom. The summed E-state index contributed by atoms with van der Waals surface area (Å²) in [4.78, 5) is 25.6. The number of rotatable bonds is 5. The lowest BCUT2D eigenvalue weighted by Crippen LogP contribution is -2.16. The number of ketones is 1. The molecule has 5 nitrogen and oxygen atoms in total. The summed E-state index contributed by atoms with van der Waals surface area (Å²) in [5.74, 6) is -0.662. The van der Waals surface area contributed by atoms with Crippen LogP contribution in [0.15, 0.2) is 65.4 Å². The maximum absolute atomic E-state index is 12.8. The second-order valence-corrected chi connectivity index (χ2v) is 7.95. The summed E-state index contributed by atoms with van der Waals surface area (Å²) >= 11 is 8.73. The van der Waals surface area contributed by atoms with E-state index in [0.717, 1.165) is 10.6 Å². The van der Waals surface area contributed by atoms with Crippen LogP contribution < -0.4 is 5.32 Å². The predicted octanol–water partition coefficient (Wildman–Crippen LogP) is 5.40. The highest BCUT2D eigenvalue weighted by Crippen LogP contribution is 2.28. The average Bonchev–Trinajstić information content (AvgIpc) is 3.40. The van der Waals surface area contributed by atoms with Crippen LogP contribution in [-0.2, 0) is 0 Å². The maximum Gasteiger partial charge on any atom is 0.258 e. The van der Waals surface area contributed by atoms with Gasteiger partial charge >= 0.3 is 0 Å². The topological polar surface area (TPSA) is 72.0 Å². The third-order valence-corrected chi connectivity index (χ3v) is 5.76. The zero-order chi connectivity index (χ0) is 19.5. The molecule has 2 aromatic heterocycles. The van der Waals surface area contributed by atoms with E-state index in [4.69, 9.17) is 11.6 Å². The normalized spacial score (nSPS) is 10.6. The number of carbonyl (C=O) groups excluding carboxylic acids is 2. The van der Waals surface area contributed by atoms with Crippen molar-refractivity contribution in [1.29, 1.82) is 0 Å². The Balaban J connectivity index is 1.58. The second kappa shape index (κ2) is 8.02. The summed E-state index contributed by atoms with van der Waals surface area (Å²) in [6.45, 7) is 0. The van der Waals surface area contributed by atoms with E-state index in [1.807, 2.05) is 16.8 Å². The molecule has 2 aromatic carbocycles. The highest BCUT2D eigenvalue weighted by atomic mass is 35.5. The lowest BCUT2D eigenvalue weighted by Gasteiger charge is -2.08. The molecule has 0 atom stereocenters. The third kappa shape index (κ3) is 3.87. The molecule has 0 aliphatic heterocycles. The second-order valence-electron chi connectivity index (χ2n) is 5.76. The van der Waals surface area contributed by atoms with Crippen molar-refractivity contribution in [2.24, 2.45) is 0 Å². The third-order valence-electron chi connectivity index (χ3n) is 3.94.